The molecule has 0 aliphatic heterocycles. The lowest BCUT2D eigenvalue weighted by Gasteiger charge is -2.01. The number of hydrazone groups is 1. The van der Waals surface area contributed by atoms with Crippen LogP contribution in [0.5, 0.6) is 0 Å². The van der Waals surface area contributed by atoms with E-state index in [4.69, 9.17) is 0 Å². The van der Waals surface area contributed by atoms with Crippen LogP contribution in [0.3, 0.4) is 0 Å². The first kappa shape index (κ1) is 15.3. The SMILES string of the molecule is O=C(N/N=C/c1cccc([N+](=O)[O-])c1)c1ccc2ccccc2n1. The number of carbonyl (C=O) groups is 1. The fourth-order valence-corrected chi connectivity index (χ4v) is 2.13. The third-order valence-corrected chi connectivity index (χ3v) is 3.29. The van der Waals surface area contributed by atoms with Crippen LogP contribution in [0.4, 0.5) is 5.69 Å². The van der Waals surface area contributed by atoms with Crippen LogP contribution < -0.4 is 5.43 Å². The van der Waals surface area contributed by atoms with E-state index in [2.05, 4.69) is 15.5 Å². The average Bonchev–Trinajstić information content (AvgIpc) is 2.61. The topological polar surface area (TPSA) is 97.5 Å². The molecule has 0 aliphatic carbocycles. The van der Waals surface area contributed by atoms with Gasteiger partial charge in [-0.25, -0.2) is 10.4 Å². The lowest BCUT2D eigenvalue weighted by Crippen LogP contribution is -2.18. The summed E-state index contributed by atoms with van der Waals surface area (Å²) < 4.78 is 0. The summed E-state index contributed by atoms with van der Waals surface area (Å²) >= 11 is 0. The number of nitro groups is 1. The molecule has 0 bridgehead atoms. The van der Waals surface area contributed by atoms with Crippen molar-refractivity contribution in [2.24, 2.45) is 5.10 Å². The molecule has 1 amide bonds. The Kier molecular flexibility index (Phi) is 4.24. The van der Waals surface area contributed by atoms with E-state index in [1.54, 1.807) is 18.2 Å². The second-order valence-electron chi connectivity index (χ2n) is 4.94. The van der Waals surface area contributed by atoms with Crippen molar-refractivity contribution in [1.29, 1.82) is 0 Å². The summed E-state index contributed by atoms with van der Waals surface area (Å²) in [5, 5.41) is 15.5. The van der Waals surface area contributed by atoms with Crippen LogP contribution >= 0.6 is 0 Å². The Bertz CT molecular complexity index is 953. The predicted molar refractivity (Wildman–Crippen MR) is 89.9 cm³/mol. The van der Waals surface area contributed by atoms with Gasteiger partial charge in [0.25, 0.3) is 11.6 Å². The van der Waals surface area contributed by atoms with E-state index in [1.165, 1.54) is 18.3 Å². The van der Waals surface area contributed by atoms with Gasteiger partial charge in [-0.15, -0.1) is 0 Å². The highest BCUT2D eigenvalue weighted by Gasteiger charge is 2.07. The maximum atomic E-state index is 12.1. The quantitative estimate of drug-likeness (QED) is 0.454. The number of nitro benzene ring substituents is 1. The van der Waals surface area contributed by atoms with Gasteiger partial charge in [-0.2, -0.15) is 5.10 Å². The Balaban J connectivity index is 1.72. The minimum Gasteiger partial charge on any atom is -0.266 e. The van der Waals surface area contributed by atoms with E-state index in [1.807, 2.05) is 30.3 Å². The van der Waals surface area contributed by atoms with Crippen LogP contribution in [-0.2, 0) is 0 Å². The number of non-ortho nitro benzene ring substituents is 1. The van der Waals surface area contributed by atoms with Crippen molar-refractivity contribution in [2.45, 2.75) is 0 Å². The van der Waals surface area contributed by atoms with Gasteiger partial charge in [0.2, 0.25) is 0 Å². The number of amides is 1. The minimum absolute atomic E-state index is 0.0403. The molecule has 1 aromatic heterocycles. The largest absolute Gasteiger partial charge is 0.289 e. The van der Waals surface area contributed by atoms with E-state index in [-0.39, 0.29) is 11.4 Å². The van der Waals surface area contributed by atoms with Gasteiger partial charge in [-0.05, 0) is 12.1 Å². The molecule has 3 aromatic rings. The van der Waals surface area contributed by atoms with E-state index in [0.29, 0.717) is 11.1 Å². The molecule has 24 heavy (non-hydrogen) atoms. The molecule has 0 radical (unpaired) electrons. The number of nitrogens with one attached hydrogen (secondary N) is 1. The van der Waals surface area contributed by atoms with Crippen LogP contribution in [0.2, 0.25) is 0 Å². The van der Waals surface area contributed by atoms with Crippen LogP contribution in [0.15, 0.2) is 65.8 Å². The standard InChI is InChI=1S/C17H12N4O3/c22-17(16-9-8-13-5-1-2-7-15(13)19-16)20-18-11-12-4-3-6-14(10-12)21(23)24/h1-11H,(H,20,22)/b18-11+. The van der Waals surface area contributed by atoms with Crippen LogP contribution in [0.1, 0.15) is 16.1 Å². The maximum absolute atomic E-state index is 12.1. The monoisotopic (exact) mass is 320 g/mol. The van der Waals surface area contributed by atoms with Gasteiger partial charge >= 0.3 is 0 Å². The van der Waals surface area contributed by atoms with Gasteiger partial charge in [0.1, 0.15) is 5.69 Å². The molecule has 1 N–H and O–H groups in total. The molecule has 3 rings (SSSR count). The highest BCUT2D eigenvalue weighted by Crippen LogP contribution is 2.12. The van der Waals surface area contributed by atoms with E-state index < -0.39 is 10.8 Å². The van der Waals surface area contributed by atoms with Gasteiger partial charge in [0.15, 0.2) is 0 Å². The highest BCUT2D eigenvalue weighted by molar-refractivity contribution is 5.95. The van der Waals surface area contributed by atoms with Crippen molar-refractivity contribution in [3.63, 3.8) is 0 Å². The number of fused-ring (bicyclic) bond motifs is 1. The zero-order valence-corrected chi connectivity index (χ0v) is 12.4. The lowest BCUT2D eigenvalue weighted by molar-refractivity contribution is -0.384. The molecule has 1 heterocycles. The maximum Gasteiger partial charge on any atom is 0.289 e. The van der Waals surface area contributed by atoms with Gasteiger partial charge < -0.3 is 0 Å². The van der Waals surface area contributed by atoms with Crippen molar-refractivity contribution in [2.75, 3.05) is 0 Å². The molecule has 0 atom stereocenters. The number of rotatable bonds is 4. The summed E-state index contributed by atoms with van der Waals surface area (Å²) in [4.78, 5) is 26.5. The minimum atomic E-state index is -0.491. The van der Waals surface area contributed by atoms with Crippen molar-refractivity contribution in [3.05, 3.63) is 82.0 Å². The molecular formula is C17H12N4O3. The smallest absolute Gasteiger partial charge is 0.266 e. The van der Waals surface area contributed by atoms with E-state index >= 15 is 0 Å². The second-order valence-corrected chi connectivity index (χ2v) is 4.94. The Labute approximate surface area is 136 Å². The van der Waals surface area contributed by atoms with Crippen LogP contribution in [0.25, 0.3) is 10.9 Å². The molecule has 7 nitrogen and oxygen atoms in total. The van der Waals surface area contributed by atoms with E-state index in [0.717, 1.165) is 5.39 Å². The summed E-state index contributed by atoms with van der Waals surface area (Å²) in [6.07, 6.45) is 1.34. The Hall–Kier alpha value is -3.61. The first-order valence-corrected chi connectivity index (χ1v) is 7.07. The Morgan fingerprint density at radius 3 is 2.79 bits per heavy atom. The molecule has 0 spiro atoms. The molecule has 118 valence electrons. The molecule has 0 unspecified atom stereocenters. The van der Waals surface area contributed by atoms with Gasteiger partial charge in [-0.3, -0.25) is 14.9 Å². The number of para-hydroxylation sites is 1. The first-order valence-electron chi connectivity index (χ1n) is 7.07. The molecule has 2 aromatic carbocycles. The molecular weight excluding hydrogens is 308 g/mol. The number of hydrogen-bond donors (Lipinski definition) is 1. The number of nitrogens with zero attached hydrogens (tertiary/aromatic N) is 3. The Morgan fingerprint density at radius 2 is 1.96 bits per heavy atom. The number of hydrogen-bond acceptors (Lipinski definition) is 5. The molecule has 0 saturated heterocycles. The van der Waals surface area contributed by atoms with E-state index in [9.17, 15) is 14.9 Å². The summed E-state index contributed by atoms with van der Waals surface area (Å²) in [6.45, 7) is 0. The van der Waals surface area contributed by atoms with Crippen LogP contribution in [0, 0.1) is 10.1 Å². The number of carbonyl (C=O) groups excluding carboxylic acids is 1. The fraction of sp³-hybridized carbons (Fsp3) is 0. The summed E-state index contributed by atoms with van der Waals surface area (Å²) in [5.74, 6) is -0.456. The third kappa shape index (κ3) is 3.41. The second kappa shape index (κ2) is 6.66. The predicted octanol–water partition coefficient (Wildman–Crippen LogP) is 2.91. The Morgan fingerprint density at radius 1 is 1.12 bits per heavy atom. The number of benzene rings is 2. The summed E-state index contributed by atoms with van der Waals surface area (Å²) in [7, 11) is 0. The van der Waals surface area contributed by atoms with Crippen LogP contribution in [-0.4, -0.2) is 22.0 Å². The van der Waals surface area contributed by atoms with Gasteiger partial charge in [-0.1, -0.05) is 36.4 Å². The first-order chi connectivity index (χ1) is 11.6. The summed E-state index contributed by atoms with van der Waals surface area (Å²) in [5.41, 5.74) is 3.79. The van der Waals surface area contributed by atoms with Crippen molar-refractivity contribution < 1.29 is 9.72 Å². The zero-order chi connectivity index (χ0) is 16.9. The van der Waals surface area contributed by atoms with Gasteiger partial charge in [0.05, 0.1) is 16.7 Å². The fourth-order valence-electron chi connectivity index (χ4n) is 2.13. The average molecular weight is 320 g/mol. The van der Waals surface area contributed by atoms with Crippen molar-refractivity contribution >= 4 is 28.7 Å². The lowest BCUT2D eigenvalue weighted by atomic mass is 10.2. The number of pyridine rings is 1. The molecule has 0 aliphatic rings. The molecule has 7 heteroatoms. The summed E-state index contributed by atoms with van der Waals surface area (Å²) in [6, 6.07) is 16.8. The zero-order valence-electron chi connectivity index (χ0n) is 12.4. The molecule has 0 fully saturated rings. The van der Waals surface area contributed by atoms with Crippen molar-refractivity contribution in [3.8, 4) is 0 Å². The normalized spacial score (nSPS) is 10.8. The number of aromatic nitrogens is 1. The van der Waals surface area contributed by atoms with Crippen molar-refractivity contribution in [1.82, 2.24) is 10.4 Å². The third-order valence-electron chi connectivity index (χ3n) is 3.29. The molecule has 0 saturated carbocycles. The highest BCUT2D eigenvalue weighted by atomic mass is 16.6. The van der Waals surface area contributed by atoms with Gasteiger partial charge in [0, 0.05) is 23.1 Å².